The van der Waals surface area contributed by atoms with Crippen molar-refractivity contribution in [3.05, 3.63) is 65.2 Å². The molecule has 0 aliphatic carbocycles. The minimum atomic E-state index is -0.381. The van der Waals surface area contributed by atoms with Crippen LogP contribution in [0.1, 0.15) is 17.3 Å². The molecule has 3 aromatic rings. The Morgan fingerprint density at radius 1 is 1.18 bits per heavy atom. The third-order valence-corrected chi connectivity index (χ3v) is 3.43. The number of hydrogen-bond acceptors (Lipinski definition) is 4. The smallest absolute Gasteiger partial charge is 0.338 e. The molecule has 0 fully saturated rings. The van der Waals surface area contributed by atoms with Crippen LogP contribution in [0.2, 0.25) is 0 Å². The summed E-state index contributed by atoms with van der Waals surface area (Å²) in [5.41, 5.74) is 2.80. The molecule has 5 heteroatoms. The molecule has 0 N–H and O–H groups in total. The average Bonchev–Trinajstić information content (AvgIpc) is 2.93. The highest BCUT2D eigenvalue weighted by atomic mass is 16.5. The second-order valence-electron chi connectivity index (χ2n) is 4.77. The molecule has 0 unspecified atom stereocenters. The highest BCUT2D eigenvalue weighted by molar-refractivity contribution is 5.92. The predicted molar refractivity (Wildman–Crippen MR) is 84.2 cm³/mol. The topological polar surface area (TPSA) is 60.1 Å². The number of rotatable bonds is 4. The molecule has 0 bridgehead atoms. The Bertz CT molecular complexity index is 838. The lowest BCUT2D eigenvalue weighted by Gasteiger charge is -2.03. The first-order chi connectivity index (χ1) is 10.7. The van der Waals surface area contributed by atoms with E-state index in [0.717, 1.165) is 16.6 Å². The number of aromatic nitrogens is 1. The second kappa shape index (κ2) is 5.81. The molecule has 5 nitrogen and oxygen atoms in total. The number of esters is 1. The maximum atomic E-state index is 11.8. The summed E-state index contributed by atoms with van der Waals surface area (Å²) in [6, 6.07) is 14.7. The fraction of sp³-hybridized carbons (Fsp3) is 0.118. The van der Waals surface area contributed by atoms with Crippen molar-refractivity contribution in [3.63, 3.8) is 0 Å². The van der Waals surface area contributed by atoms with Crippen LogP contribution in [0, 0.1) is 4.91 Å². The lowest BCUT2D eigenvalue weighted by molar-refractivity contribution is 0.0526. The van der Waals surface area contributed by atoms with Gasteiger partial charge in [-0.1, -0.05) is 30.3 Å². The zero-order valence-electron chi connectivity index (χ0n) is 12.0. The van der Waals surface area contributed by atoms with Crippen molar-refractivity contribution in [2.75, 3.05) is 6.61 Å². The highest BCUT2D eigenvalue weighted by Crippen LogP contribution is 2.34. The third kappa shape index (κ3) is 2.37. The van der Waals surface area contributed by atoms with E-state index in [1.54, 1.807) is 29.7 Å². The van der Waals surface area contributed by atoms with E-state index < -0.39 is 0 Å². The first-order valence-corrected chi connectivity index (χ1v) is 6.95. The van der Waals surface area contributed by atoms with Crippen molar-refractivity contribution in [1.82, 2.24) is 4.40 Å². The molecule has 0 aliphatic heterocycles. The Balaban J connectivity index is 2.15. The fourth-order valence-electron chi connectivity index (χ4n) is 2.43. The molecule has 3 rings (SSSR count). The Morgan fingerprint density at radius 2 is 1.95 bits per heavy atom. The monoisotopic (exact) mass is 294 g/mol. The molecule has 22 heavy (non-hydrogen) atoms. The molecule has 2 aromatic heterocycles. The maximum absolute atomic E-state index is 11.8. The summed E-state index contributed by atoms with van der Waals surface area (Å²) < 4.78 is 6.66. The molecule has 0 saturated heterocycles. The molecule has 0 radical (unpaired) electrons. The number of carbonyl (C=O) groups is 1. The van der Waals surface area contributed by atoms with Crippen LogP contribution in [-0.4, -0.2) is 17.0 Å². The predicted octanol–water partition coefficient (Wildman–Crippen LogP) is 4.18. The number of carbonyl (C=O) groups excluding carboxylic acids is 1. The molecule has 2 heterocycles. The van der Waals surface area contributed by atoms with Crippen molar-refractivity contribution in [2.45, 2.75) is 6.92 Å². The number of nitrogens with zero attached hydrogens (tertiary/aromatic N) is 2. The van der Waals surface area contributed by atoms with Crippen LogP contribution in [0.15, 0.2) is 59.9 Å². The van der Waals surface area contributed by atoms with E-state index in [4.69, 9.17) is 4.74 Å². The lowest BCUT2D eigenvalue weighted by Crippen LogP contribution is -2.04. The normalized spacial score (nSPS) is 10.6. The highest BCUT2D eigenvalue weighted by Gasteiger charge is 2.15. The molecule has 0 spiro atoms. The van der Waals surface area contributed by atoms with Gasteiger partial charge in [0.1, 0.15) is 0 Å². The third-order valence-electron chi connectivity index (χ3n) is 3.43. The van der Waals surface area contributed by atoms with Crippen LogP contribution in [0.4, 0.5) is 5.82 Å². The molecule has 1 aromatic carbocycles. The van der Waals surface area contributed by atoms with Crippen LogP contribution >= 0.6 is 0 Å². The van der Waals surface area contributed by atoms with Gasteiger partial charge in [-0.3, -0.25) is 4.40 Å². The van der Waals surface area contributed by atoms with Crippen molar-refractivity contribution in [3.8, 4) is 11.1 Å². The lowest BCUT2D eigenvalue weighted by atomic mass is 10.1. The van der Waals surface area contributed by atoms with Gasteiger partial charge in [0.15, 0.2) is 5.82 Å². The zero-order valence-corrected chi connectivity index (χ0v) is 12.0. The van der Waals surface area contributed by atoms with Crippen LogP contribution in [0.3, 0.4) is 0 Å². The SMILES string of the molecule is CCOC(=O)c1ccn2c(N=O)c(-c3ccccc3)cc2c1. The largest absolute Gasteiger partial charge is 0.462 e. The van der Waals surface area contributed by atoms with E-state index in [9.17, 15) is 9.70 Å². The Labute approximate surface area is 127 Å². The van der Waals surface area contributed by atoms with E-state index in [-0.39, 0.29) is 5.97 Å². The van der Waals surface area contributed by atoms with E-state index in [1.165, 1.54) is 0 Å². The van der Waals surface area contributed by atoms with Gasteiger partial charge in [-0.25, -0.2) is 4.79 Å². The summed E-state index contributed by atoms with van der Waals surface area (Å²) in [7, 11) is 0. The summed E-state index contributed by atoms with van der Waals surface area (Å²) in [4.78, 5) is 23.0. The fourth-order valence-corrected chi connectivity index (χ4v) is 2.43. The summed E-state index contributed by atoms with van der Waals surface area (Å²) in [6.07, 6.45) is 1.66. The standard InChI is InChI=1S/C17H14N2O3/c1-2-22-17(20)13-8-9-19-14(10-13)11-15(16(19)18-21)12-6-4-3-5-7-12/h3-11H,2H2,1H3. The van der Waals surface area contributed by atoms with E-state index >= 15 is 0 Å². The van der Waals surface area contributed by atoms with Crippen LogP contribution < -0.4 is 0 Å². The van der Waals surface area contributed by atoms with Gasteiger partial charge in [0, 0.05) is 17.3 Å². The molecule has 0 amide bonds. The van der Waals surface area contributed by atoms with E-state index in [1.807, 2.05) is 36.4 Å². The molecule has 110 valence electrons. The van der Waals surface area contributed by atoms with Gasteiger partial charge in [0.05, 0.1) is 12.2 Å². The number of fused-ring (bicyclic) bond motifs is 1. The maximum Gasteiger partial charge on any atom is 0.338 e. The van der Waals surface area contributed by atoms with Crippen LogP contribution in [0.5, 0.6) is 0 Å². The van der Waals surface area contributed by atoms with Gasteiger partial charge in [0.2, 0.25) is 0 Å². The molecule has 0 atom stereocenters. The van der Waals surface area contributed by atoms with Gasteiger partial charge in [-0.15, -0.1) is 4.91 Å². The van der Waals surface area contributed by atoms with Crippen LogP contribution in [-0.2, 0) is 4.74 Å². The van der Waals surface area contributed by atoms with Gasteiger partial charge < -0.3 is 4.74 Å². The summed E-state index contributed by atoms with van der Waals surface area (Å²) >= 11 is 0. The van der Waals surface area contributed by atoms with Crippen molar-refractivity contribution >= 4 is 17.3 Å². The Morgan fingerprint density at radius 3 is 2.64 bits per heavy atom. The zero-order chi connectivity index (χ0) is 15.5. The number of ether oxygens (including phenoxy) is 1. The van der Waals surface area contributed by atoms with Crippen molar-refractivity contribution in [2.24, 2.45) is 5.18 Å². The minimum Gasteiger partial charge on any atom is -0.462 e. The van der Waals surface area contributed by atoms with E-state index in [2.05, 4.69) is 5.18 Å². The molecular formula is C17H14N2O3. The van der Waals surface area contributed by atoms with Crippen molar-refractivity contribution < 1.29 is 9.53 Å². The van der Waals surface area contributed by atoms with Crippen molar-refractivity contribution in [1.29, 1.82) is 0 Å². The van der Waals surface area contributed by atoms with Gasteiger partial charge >= 0.3 is 5.97 Å². The van der Waals surface area contributed by atoms with Crippen LogP contribution in [0.25, 0.3) is 16.6 Å². The first-order valence-electron chi connectivity index (χ1n) is 6.95. The summed E-state index contributed by atoms with van der Waals surface area (Å²) in [5, 5.41) is 3.14. The Hall–Kier alpha value is -2.95. The quantitative estimate of drug-likeness (QED) is 0.535. The summed E-state index contributed by atoms with van der Waals surface area (Å²) in [5.74, 6) is -0.0651. The first kappa shape index (κ1) is 14.0. The minimum absolute atomic E-state index is 0.316. The number of nitroso groups, excluding NO2 is 1. The molecule has 0 saturated carbocycles. The summed E-state index contributed by atoms with van der Waals surface area (Å²) in [6.45, 7) is 2.08. The number of pyridine rings is 1. The van der Waals surface area contributed by atoms with Gasteiger partial charge in [0.25, 0.3) is 0 Å². The van der Waals surface area contributed by atoms with E-state index in [0.29, 0.717) is 18.0 Å². The van der Waals surface area contributed by atoms with Gasteiger partial charge in [-0.2, -0.15) is 0 Å². The molecular weight excluding hydrogens is 280 g/mol. The van der Waals surface area contributed by atoms with Gasteiger partial charge in [-0.05, 0) is 35.9 Å². The number of benzene rings is 1. The number of hydrogen-bond donors (Lipinski definition) is 0. The Kier molecular flexibility index (Phi) is 3.70. The average molecular weight is 294 g/mol. The molecule has 0 aliphatic rings. The second-order valence-corrected chi connectivity index (χ2v) is 4.77.